The van der Waals surface area contributed by atoms with E-state index in [0.29, 0.717) is 11.8 Å². The first-order valence-corrected chi connectivity index (χ1v) is 18.7. The van der Waals surface area contributed by atoms with Crippen LogP contribution in [-0.2, 0) is 5.41 Å². The van der Waals surface area contributed by atoms with Gasteiger partial charge in [-0.15, -0.1) is 0 Å². The quantitative estimate of drug-likeness (QED) is 0.177. The summed E-state index contributed by atoms with van der Waals surface area (Å²) in [6.07, 6.45) is 6.90. The Hall–Kier alpha value is -5.08. The molecule has 50 heavy (non-hydrogen) atoms. The van der Waals surface area contributed by atoms with Crippen molar-refractivity contribution in [2.45, 2.75) is 51.4 Å². The lowest BCUT2D eigenvalue weighted by atomic mass is 9.43. The number of para-hydroxylation sites is 2. The van der Waals surface area contributed by atoms with Crippen LogP contribution in [0.4, 0.5) is 34.1 Å². The molecule has 0 N–H and O–H groups in total. The van der Waals surface area contributed by atoms with Crippen molar-refractivity contribution in [3.05, 3.63) is 168 Å². The highest BCUT2D eigenvalue weighted by Gasteiger charge is 2.61. The molecule has 6 aromatic rings. The fraction of sp³-hybridized carbons (Fsp3) is 0.250. The van der Waals surface area contributed by atoms with E-state index in [9.17, 15) is 0 Å². The fourth-order valence-corrected chi connectivity index (χ4v) is 11.0. The van der Waals surface area contributed by atoms with Crippen molar-refractivity contribution in [1.82, 2.24) is 0 Å². The molecule has 4 fully saturated rings. The first-order valence-electron chi connectivity index (χ1n) is 18.7. The summed E-state index contributed by atoms with van der Waals surface area (Å²) in [5, 5.41) is 0. The van der Waals surface area contributed by atoms with Crippen LogP contribution in [0, 0.1) is 37.5 Å². The van der Waals surface area contributed by atoms with Gasteiger partial charge in [-0.3, -0.25) is 0 Å². The molecule has 5 aliphatic rings. The summed E-state index contributed by atoms with van der Waals surface area (Å²) < 4.78 is 0. The van der Waals surface area contributed by atoms with Crippen LogP contribution in [0.2, 0.25) is 0 Å². The number of nitrogens with zero attached hydrogens (tertiary/aromatic N) is 2. The highest BCUT2D eigenvalue weighted by Crippen LogP contribution is 2.70. The van der Waals surface area contributed by atoms with E-state index in [1.165, 1.54) is 88.5 Å². The highest BCUT2D eigenvalue weighted by atomic mass is 15.1. The second-order valence-electron chi connectivity index (χ2n) is 15.7. The lowest BCUT2D eigenvalue weighted by molar-refractivity contribution is -0.0399. The summed E-state index contributed by atoms with van der Waals surface area (Å²) >= 11 is 0. The maximum atomic E-state index is 2.61. The van der Waals surface area contributed by atoms with Crippen LogP contribution in [0.3, 0.4) is 0 Å². The van der Waals surface area contributed by atoms with Gasteiger partial charge in [0.05, 0.1) is 0 Å². The number of benzene rings is 6. The van der Waals surface area contributed by atoms with Crippen LogP contribution in [0.25, 0.3) is 11.1 Å². The fourth-order valence-electron chi connectivity index (χ4n) is 11.0. The molecular weight excluding hydrogens is 605 g/mol. The standard InChI is InChI=1S/C48H44N2/c1-32-11-9-17-40(23-32)49(38-13-5-3-6-14-38)42-19-21-44-45-22-20-43(50(39-15-7-4-8-16-39)41-18-10-12-33(2)24-41)31-47(45)48(46(44)30-42)36-26-34-25-35(28-36)29-37(48)27-34/h3-24,30-31,34-37H,25-29H2,1-2H3. The van der Waals surface area contributed by atoms with Crippen molar-refractivity contribution in [3.63, 3.8) is 0 Å². The zero-order valence-electron chi connectivity index (χ0n) is 29.1. The zero-order chi connectivity index (χ0) is 33.4. The topological polar surface area (TPSA) is 6.48 Å². The van der Waals surface area contributed by atoms with Gasteiger partial charge in [-0.1, -0.05) is 72.8 Å². The summed E-state index contributed by atoms with van der Waals surface area (Å²) in [5.41, 5.74) is 16.0. The third kappa shape index (κ3) is 4.54. The third-order valence-electron chi connectivity index (χ3n) is 12.7. The van der Waals surface area contributed by atoms with Gasteiger partial charge >= 0.3 is 0 Å². The van der Waals surface area contributed by atoms with E-state index in [-0.39, 0.29) is 5.41 Å². The zero-order valence-corrected chi connectivity index (χ0v) is 29.1. The van der Waals surface area contributed by atoms with Gasteiger partial charge in [0.1, 0.15) is 0 Å². The highest BCUT2D eigenvalue weighted by molar-refractivity contribution is 5.89. The molecule has 5 aliphatic carbocycles. The van der Waals surface area contributed by atoms with Gasteiger partial charge in [0, 0.05) is 39.5 Å². The normalized spacial score (nSPS) is 22.0. The van der Waals surface area contributed by atoms with E-state index in [4.69, 9.17) is 0 Å². The lowest BCUT2D eigenvalue weighted by Gasteiger charge is -2.61. The van der Waals surface area contributed by atoms with E-state index >= 15 is 0 Å². The first-order chi connectivity index (χ1) is 24.6. The van der Waals surface area contributed by atoms with Crippen LogP contribution < -0.4 is 9.80 Å². The summed E-state index contributed by atoms with van der Waals surface area (Å²) in [6.45, 7) is 4.39. The molecule has 0 radical (unpaired) electrons. The van der Waals surface area contributed by atoms with Gasteiger partial charge in [0.15, 0.2) is 0 Å². The summed E-state index contributed by atoms with van der Waals surface area (Å²) in [6, 6.07) is 54.7. The summed E-state index contributed by atoms with van der Waals surface area (Å²) in [5.74, 6) is 3.14. The Morgan fingerprint density at radius 3 is 1.22 bits per heavy atom. The largest absolute Gasteiger partial charge is 0.310 e. The minimum Gasteiger partial charge on any atom is -0.310 e. The molecule has 2 heteroatoms. The predicted octanol–water partition coefficient (Wildman–Crippen LogP) is 13.0. The number of aryl methyl sites for hydroxylation is 2. The van der Waals surface area contributed by atoms with Crippen molar-refractivity contribution in [2.24, 2.45) is 23.7 Å². The molecular formula is C48H44N2. The van der Waals surface area contributed by atoms with Crippen molar-refractivity contribution >= 4 is 34.1 Å². The predicted molar refractivity (Wildman–Crippen MR) is 209 cm³/mol. The van der Waals surface area contributed by atoms with Crippen LogP contribution in [0.1, 0.15) is 54.4 Å². The Bertz CT molecular complexity index is 2050. The van der Waals surface area contributed by atoms with Crippen molar-refractivity contribution < 1.29 is 0 Å². The van der Waals surface area contributed by atoms with Gasteiger partial charge in [-0.05, 0) is 176 Å². The third-order valence-corrected chi connectivity index (χ3v) is 12.7. The van der Waals surface area contributed by atoms with Crippen molar-refractivity contribution in [1.29, 1.82) is 0 Å². The number of anilines is 6. The molecule has 1 spiro atoms. The molecule has 0 aliphatic heterocycles. The number of rotatable bonds is 6. The second kappa shape index (κ2) is 11.5. The molecule has 6 aromatic carbocycles. The lowest BCUT2D eigenvalue weighted by Crippen LogP contribution is -2.55. The van der Waals surface area contributed by atoms with E-state index in [0.717, 1.165) is 11.8 Å². The van der Waals surface area contributed by atoms with Gasteiger partial charge in [0.25, 0.3) is 0 Å². The maximum absolute atomic E-state index is 2.61. The minimum absolute atomic E-state index is 0.0357. The molecule has 246 valence electrons. The second-order valence-corrected chi connectivity index (χ2v) is 15.7. The molecule has 0 saturated heterocycles. The molecule has 2 nitrogen and oxygen atoms in total. The Balaban J connectivity index is 1.19. The average molecular weight is 649 g/mol. The molecule has 0 heterocycles. The van der Waals surface area contributed by atoms with E-state index in [1.807, 2.05) is 0 Å². The smallest absolute Gasteiger partial charge is 0.0465 e. The molecule has 4 bridgehead atoms. The van der Waals surface area contributed by atoms with E-state index < -0.39 is 0 Å². The Morgan fingerprint density at radius 1 is 0.400 bits per heavy atom. The van der Waals surface area contributed by atoms with Gasteiger partial charge in [0.2, 0.25) is 0 Å². The molecule has 0 unspecified atom stereocenters. The molecule has 0 aromatic heterocycles. The van der Waals surface area contributed by atoms with E-state index in [2.05, 4.69) is 169 Å². The van der Waals surface area contributed by atoms with Gasteiger partial charge < -0.3 is 9.80 Å². The summed E-state index contributed by atoms with van der Waals surface area (Å²) in [4.78, 5) is 4.95. The molecule has 0 atom stereocenters. The van der Waals surface area contributed by atoms with Crippen LogP contribution in [0.5, 0.6) is 0 Å². The van der Waals surface area contributed by atoms with Crippen molar-refractivity contribution in [2.75, 3.05) is 9.80 Å². The molecule has 11 rings (SSSR count). The first kappa shape index (κ1) is 29.8. The van der Waals surface area contributed by atoms with Crippen LogP contribution >= 0.6 is 0 Å². The Kier molecular flexibility index (Phi) is 6.85. The number of fused-ring (bicyclic) bond motifs is 3. The van der Waals surface area contributed by atoms with E-state index in [1.54, 1.807) is 11.1 Å². The SMILES string of the molecule is Cc1cccc(N(c2ccccc2)c2ccc3c(c2)C2(c4cc(N(c5ccccc5)c5cccc(C)c5)ccc4-3)C3CC4CC(C3)CC2C4)c1. The average Bonchev–Trinajstić information content (AvgIpc) is 3.41. The Labute approximate surface area is 297 Å². The number of hydrogen-bond acceptors (Lipinski definition) is 2. The van der Waals surface area contributed by atoms with Gasteiger partial charge in [-0.25, -0.2) is 0 Å². The van der Waals surface area contributed by atoms with Crippen molar-refractivity contribution in [3.8, 4) is 11.1 Å². The van der Waals surface area contributed by atoms with Crippen LogP contribution in [0.15, 0.2) is 146 Å². The summed E-state index contributed by atoms with van der Waals surface area (Å²) in [7, 11) is 0. The van der Waals surface area contributed by atoms with Gasteiger partial charge in [-0.2, -0.15) is 0 Å². The molecule has 4 saturated carbocycles. The van der Waals surface area contributed by atoms with Crippen LogP contribution in [-0.4, -0.2) is 0 Å². The Morgan fingerprint density at radius 2 is 0.800 bits per heavy atom. The number of hydrogen-bond donors (Lipinski definition) is 0. The minimum atomic E-state index is 0.0357. The monoisotopic (exact) mass is 648 g/mol. The maximum Gasteiger partial charge on any atom is 0.0465 e. The molecule has 0 amide bonds.